The highest BCUT2D eigenvalue weighted by Crippen LogP contribution is 2.29. The Morgan fingerprint density at radius 3 is 2.89 bits per heavy atom. The highest BCUT2D eigenvalue weighted by atomic mass is 32.2. The predicted molar refractivity (Wildman–Crippen MR) is 79.0 cm³/mol. The molecule has 0 aliphatic carbocycles. The molecule has 19 heavy (non-hydrogen) atoms. The summed E-state index contributed by atoms with van der Waals surface area (Å²) in [6, 6.07) is 5.72. The van der Waals surface area contributed by atoms with Crippen LogP contribution in [0, 0.1) is 0 Å². The van der Waals surface area contributed by atoms with Gasteiger partial charge < -0.3 is 10.1 Å². The first-order chi connectivity index (χ1) is 8.98. The highest BCUT2D eigenvalue weighted by Gasteiger charge is 2.06. The van der Waals surface area contributed by atoms with E-state index in [2.05, 4.69) is 10.3 Å². The molecule has 5 nitrogen and oxygen atoms in total. The second kappa shape index (κ2) is 5.75. The number of nitrogens with one attached hydrogen (secondary N) is 1. The van der Waals surface area contributed by atoms with E-state index in [1.807, 2.05) is 25.1 Å². The minimum Gasteiger partial charge on any atom is -0.494 e. The van der Waals surface area contributed by atoms with Crippen molar-refractivity contribution in [1.29, 1.82) is 0 Å². The standard InChI is InChI=1S/C12H16N2O3S2/c1-3-17-9-4-5-10-11(8-9)18-12(14-10)13-6-7-19(2,15)16/h4-5,8H,3,6-7H2,1-2H3,(H,13,14). The number of sulfone groups is 1. The molecule has 2 rings (SSSR count). The Hall–Kier alpha value is -1.34. The maximum absolute atomic E-state index is 11.0. The van der Waals surface area contributed by atoms with Gasteiger partial charge in [-0.3, -0.25) is 0 Å². The molecule has 1 heterocycles. The zero-order valence-corrected chi connectivity index (χ0v) is 12.5. The second-order valence-electron chi connectivity index (χ2n) is 4.14. The molecule has 0 fully saturated rings. The van der Waals surface area contributed by atoms with Gasteiger partial charge >= 0.3 is 0 Å². The van der Waals surface area contributed by atoms with Crippen LogP contribution in [0.4, 0.5) is 5.13 Å². The molecule has 7 heteroatoms. The molecule has 104 valence electrons. The topological polar surface area (TPSA) is 68.3 Å². The molecule has 0 radical (unpaired) electrons. The predicted octanol–water partition coefficient (Wildman–Crippen LogP) is 2.15. The first-order valence-corrected chi connectivity index (χ1v) is 8.80. The summed E-state index contributed by atoms with van der Waals surface area (Å²) in [6.45, 7) is 2.94. The van der Waals surface area contributed by atoms with Crippen LogP contribution in [0.3, 0.4) is 0 Å². The van der Waals surface area contributed by atoms with Gasteiger partial charge in [-0.2, -0.15) is 0 Å². The van der Waals surface area contributed by atoms with E-state index >= 15 is 0 Å². The quantitative estimate of drug-likeness (QED) is 0.885. The third-order valence-electron chi connectivity index (χ3n) is 2.42. The van der Waals surface area contributed by atoms with Crippen molar-refractivity contribution in [3.8, 4) is 5.75 Å². The zero-order valence-electron chi connectivity index (χ0n) is 10.8. The molecule has 0 amide bonds. The molecular formula is C12H16N2O3S2. The van der Waals surface area contributed by atoms with E-state index < -0.39 is 9.84 Å². The third kappa shape index (κ3) is 4.07. The van der Waals surface area contributed by atoms with Gasteiger partial charge in [0.05, 0.1) is 22.6 Å². The summed E-state index contributed by atoms with van der Waals surface area (Å²) < 4.78 is 28.5. The van der Waals surface area contributed by atoms with Crippen molar-refractivity contribution in [3.05, 3.63) is 18.2 Å². The van der Waals surface area contributed by atoms with Crippen LogP contribution in [-0.4, -0.2) is 38.6 Å². The summed E-state index contributed by atoms with van der Waals surface area (Å²) >= 11 is 1.49. The number of hydrogen-bond acceptors (Lipinski definition) is 6. The fraction of sp³-hybridized carbons (Fsp3) is 0.417. The summed E-state index contributed by atoms with van der Waals surface area (Å²) in [5, 5.41) is 3.76. The largest absolute Gasteiger partial charge is 0.494 e. The molecule has 2 aromatic rings. The normalized spacial score (nSPS) is 11.7. The average molecular weight is 300 g/mol. The van der Waals surface area contributed by atoms with E-state index in [0.29, 0.717) is 13.2 Å². The molecule has 0 spiro atoms. The van der Waals surface area contributed by atoms with Crippen LogP contribution in [0.5, 0.6) is 5.75 Å². The number of aromatic nitrogens is 1. The number of fused-ring (bicyclic) bond motifs is 1. The Kier molecular flexibility index (Phi) is 4.26. The Morgan fingerprint density at radius 2 is 2.21 bits per heavy atom. The molecule has 0 unspecified atom stereocenters. The van der Waals surface area contributed by atoms with E-state index in [1.54, 1.807) is 0 Å². The van der Waals surface area contributed by atoms with Crippen molar-refractivity contribution in [2.45, 2.75) is 6.92 Å². The van der Waals surface area contributed by atoms with E-state index in [4.69, 9.17) is 4.74 Å². The molecule has 0 bridgehead atoms. The molecule has 0 saturated carbocycles. The fourth-order valence-corrected chi connectivity index (χ4v) is 2.97. The van der Waals surface area contributed by atoms with Gasteiger partial charge in [0.15, 0.2) is 5.13 Å². The van der Waals surface area contributed by atoms with Crippen molar-refractivity contribution in [3.63, 3.8) is 0 Å². The summed E-state index contributed by atoms with van der Waals surface area (Å²) in [6.07, 6.45) is 1.22. The highest BCUT2D eigenvalue weighted by molar-refractivity contribution is 7.90. The van der Waals surface area contributed by atoms with Crippen LogP contribution in [0.2, 0.25) is 0 Å². The Labute approximate surface area is 116 Å². The van der Waals surface area contributed by atoms with Crippen LogP contribution < -0.4 is 10.1 Å². The third-order valence-corrected chi connectivity index (χ3v) is 4.34. The van der Waals surface area contributed by atoms with Crippen molar-refractivity contribution in [2.24, 2.45) is 0 Å². The zero-order chi connectivity index (χ0) is 13.9. The maximum atomic E-state index is 11.0. The maximum Gasteiger partial charge on any atom is 0.183 e. The first kappa shape index (κ1) is 14.1. The van der Waals surface area contributed by atoms with Crippen LogP contribution in [0.1, 0.15) is 6.92 Å². The Balaban J connectivity index is 2.08. The van der Waals surface area contributed by atoms with Gasteiger partial charge in [0.1, 0.15) is 15.6 Å². The van der Waals surface area contributed by atoms with E-state index in [0.717, 1.165) is 21.1 Å². The van der Waals surface area contributed by atoms with Gasteiger partial charge in [0.2, 0.25) is 0 Å². The van der Waals surface area contributed by atoms with Crippen molar-refractivity contribution in [1.82, 2.24) is 4.98 Å². The van der Waals surface area contributed by atoms with Gasteiger partial charge in [-0.1, -0.05) is 11.3 Å². The smallest absolute Gasteiger partial charge is 0.183 e. The summed E-state index contributed by atoms with van der Waals surface area (Å²) in [5.74, 6) is 0.925. The van der Waals surface area contributed by atoms with Gasteiger partial charge in [-0.25, -0.2) is 13.4 Å². The number of thiazole rings is 1. The lowest BCUT2D eigenvalue weighted by Crippen LogP contribution is -2.13. The molecule has 1 aromatic carbocycles. The molecule has 1 N–H and O–H groups in total. The fourth-order valence-electron chi connectivity index (χ4n) is 1.58. The minimum atomic E-state index is -2.94. The minimum absolute atomic E-state index is 0.104. The molecule has 0 atom stereocenters. The monoisotopic (exact) mass is 300 g/mol. The van der Waals surface area contributed by atoms with Gasteiger partial charge in [-0.15, -0.1) is 0 Å². The van der Waals surface area contributed by atoms with Crippen molar-refractivity contribution < 1.29 is 13.2 Å². The molecule has 1 aromatic heterocycles. The van der Waals surface area contributed by atoms with Crippen molar-refractivity contribution >= 4 is 36.5 Å². The lowest BCUT2D eigenvalue weighted by Gasteiger charge is -2.00. The first-order valence-electron chi connectivity index (χ1n) is 5.93. The number of nitrogens with zero attached hydrogens (tertiary/aromatic N) is 1. The van der Waals surface area contributed by atoms with Crippen LogP contribution >= 0.6 is 11.3 Å². The molecule has 0 aliphatic heterocycles. The van der Waals surface area contributed by atoms with Crippen molar-refractivity contribution in [2.75, 3.05) is 30.5 Å². The summed E-state index contributed by atoms with van der Waals surface area (Å²) in [5.41, 5.74) is 0.885. The van der Waals surface area contributed by atoms with E-state index in [-0.39, 0.29) is 5.75 Å². The number of hydrogen-bond donors (Lipinski definition) is 1. The van der Waals surface area contributed by atoms with Crippen LogP contribution in [-0.2, 0) is 9.84 Å². The number of ether oxygens (including phenoxy) is 1. The number of benzene rings is 1. The van der Waals surface area contributed by atoms with E-state index in [9.17, 15) is 8.42 Å². The summed E-state index contributed by atoms with van der Waals surface area (Å²) in [7, 11) is -2.94. The number of rotatable bonds is 6. The Morgan fingerprint density at radius 1 is 1.42 bits per heavy atom. The van der Waals surface area contributed by atoms with Crippen LogP contribution in [0.15, 0.2) is 18.2 Å². The van der Waals surface area contributed by atoms with Gasteiger partial charge in [0, 0.05) is 12.8 Å². The van der Waals surface area contributed by atoms with Crippen LogP contribution in [0.25, 0.3) is 10.2 Å². The summed E-state index contributed by atoms with van der Waals surface area (Å²) in [4.78, 5) is 4.39. The molecular weight excluding hydrogens is 284 g/mol. The molecule has 0 saturated heterocycles. The van der Waals surface area contributed by atoms with Gasteiger partial charge in [0.25, 0.3) is 0 Å². The average Bonchev–Trinajstić information content (AvgIpc) is 2.69. The lowest BCUT2D eigenvalue weighted by molar-refractivity contribution is 0.341. The SMILES string of the molecule is CCOc1ccc2nc(NCCS(C)(=O)=O)sc2c1. The van der Waals surface area contributed by atoms with E-state index in [1.165, 1.54) is 17.6 Å². The number of anilines is 1. The lowest BCUT2D eigenvalue weighted by atomic mass is 10.3. The second-order valence-corrected chi connectivity index (χ2v) is 7.43. The molecule has 0 aliphatic rings. The van der Waals surface area contributed by atoms with Gasteiger partial charge in [-0.05, 0) is 25.1 Å². The Bertz CT molecular complexity index is 665.